The molecular formula is C14H20N2O2. The smallest absolute Gasteiger partial charge is 0.309 e. The van der Waals surface area contributed by atoms with E-state index in [1.807, 2.05) is 19.2 Å². The fourth-order valence-electron chi connectivity index (χ4n) is 2.34. The molecule has 4 nitrogen and oxygen atoms in total. The summed E-state index contributed by atoms with van der Waals surface area (Å²) in [6.07, 6.45) is 5.49. The van der Waals surface area contributed by atoms with E-state index < -0.39 is 0 Å². The van der Waals surface area contributed by atoms with Crippen molar-refractivity contribution in [2.24, 2.45) is 5.92 Å². The molecule has 1 fully saturated rings. The number of ether oxygens (including phenoxy) is 1. The Balaban J connectivity index is 1.78. The third-order valence-electron chi connectivity index (χ3n) is 3.34. The summed E-state index contributed by atoms with van der Waals surface area (Å²) in [6, 6.07) is 4.05. The molecule has 0 saturated carbocycles. The van der Waals surface area contributed by atoms with E-state index in [-0.39, 0.29) is 11.9 Å². The highest BCUT2D eigenvalue weighted by Crippen LogP contribution is 2.20. The topological polar surface area (TPSA) is 42.4 Å². The van der Waals surface area contributed by atoms with Crippen LogP contribution in [-0.2, 0) is 16.1 Å². The van der Waals surface area contributed by atoms with Crippen molar-refractivity contribution < 1.29 is 9.53 Å². The molecule has 1 aromatic rings. The first-order valence-electron chi connectivity index (χ1n) is 6.57. The van der Waals surface area contributed by atoms with Crippen molar-refractivity contribution in [1.82, 2.24) is 9.88 Å². The van der Waals surface area contributed by atoms with Crippen LogP contribution in [0.5, 0.6) is 0 Å². The summed E-state index contributed by atoms with van der Waals surface area (Å²) in [5, 5.41) is 0. The van der Waals surface area contributed by atoms with Crippen LogP contribution in [0.2, 0.25) is 0 Å². The summed E-state index contributed by atoms with van der Waals surface area (Å²) >= 11 is 0. The number of nitrogens with zero attached hydrogens (tertiary/aromatic N) is 2. The van der Waals surface area contributed by atoms with E-state index in [9.17, 15) is 4.79 Å². The monoisotopic (exact) mass is 248 g/mol. The average Bonchev–Trinajstić information content (AvgIpc) is 2.41. The first-order chi connectivity index (χ1) is 8.79. The molecule has 0 aliphatic carbocycles. The van der Waals surface area contributed by atoms with Crippen LogP contribution in [0.15, 0.2) is 24.5 Å². The minimum absolute atomic E-state index is 0.0291. The summed E-state index contributed by atoms with van der Waals surface area (Å²) < 4.78 is 5.07. The number of carbonyl (C=O) groups is 1. The highest BCUT2D eigenvalue weighted by Gasteiger charge is 2.25. The van der Waals surface area contributed by atoms with Crippen LogP contribution in [0.25, 0.3) is 0 Å². The second-order valence-electron chi connectivity index (χ2n) is 4.66. The van der Waals surface area contributed by atoms with Gasteiger partial charge in [0.1, 0.15) is 0 Å². The van der Waals surface area contributed by atoms with Gasteiger partial charge in [0.25, 0.3) is 0 Å². The summed E-state index contributed by atoms with van der Waals surface area (Å²) in [5.41, 5.74) is 1.23. The minimum atomic E-state index is -0.0291. The van der Waals surface area contributed by atoms with E-state index in [1.165, 1.54) is 5.56 Å². The number of carbonyl (C=O) groups excluding carboxylic acids is 1. The quantitative estimate of drug-likeness (QED) is 0.763. The van der Waals surface area contributed by atoms with Crippen molar-refractivity contribution in [3.63, 3.8) is 0 Å². The molecule has 0 spiro atoms. The molecular weight excluding hydrogens is 228 g/mol. The molecule has 0 amide bonds. The molecule has 0 radical (unpaired) electrons. The molecule has 1 aliphatic rings. The van der Waals surface area contributed by atoms with Gasteiger partial charge < -0.3 is 4.74 Å². The molecule has 4 heteroatoms. The maximum atomic E-state index is 11.6. The van der Waals surface area contributed by atoms with Crippen molar-refractivity contribution in [3.05, 3.63) is 30.1 Å². The molecule has 1 aliphatic heterocycles. The normalized spacial score (nSPS) is 17.6. The maximum absolute atomic E-state index is 11.6. The van der Waals surface area contributed by atoms with E-state index in [2.05, 4.69) is 16.0 Å². The number of piperidine rings is 1. The summed E-state index contributed by atoms with van der Waals surface area (Å²) in [6.45, 7) is 5.17. The molecule has 98 valence electrons. The standard InChI is InChI=1S/C14H20N2O2/c1-2-18-14(17)13-5-8-16(9-6-13)11-12-4-3-7-15-10-12/h3-4,7,10,13H,2,5-6,8-9,11H2,1H3. The SMILES string of the molecule is CCOC(=O)C1CCN(Cc2cccnc2)CC1. The van der Waals surface area contributed by atoms with Crippen molar-refractivity contribution in [2.75, 3.05) is 19.7 Å². The molecule has 1 saturated heterocycles. The Morgan fingerprint density at radius 2 is 2.28 bits per heavy atom. The Kier molecular flexibility index (Phi) is 4.70. The van der Waals surface area contributed by atoms with Crippen LogP contribution in [0.4, 0.5) is 0 Å². The lowest BCUT2D eigenvalue weighted by Gasteiger charge is -2.30. The Morgan fingerprint density at radius 3 is 2.89 bits per heavy atom. The molecule has 18 heavy (non-hydrogen) atoms. The van der Waals surface area contributed by atoms with Crippen LogP contribution in [0.1, 0.15) is 25.3 Å². The van der Waals surface area contributed by atoms with Crippen molar-refractivity contribution in [1.29, 1.82) is 0 Å². The third-order valence-corrected chi connectivity index (χ3v) is 3.34. The second kappa shape index (κ2) is 6.50. The number of hydrogen-bond donors (Lipinski definition) is 0. The zero-order chi connectivity index (χ0) is 12.8. The highest BCUT2D eigenvalue weighted by atomic mass is 16.5. The predicted molar refractivity (Wildman–Crippen MR) is 68.9 cm³/mol. The van der Waals surface area contributed by atoms with Gasteiger partial charge in [0.2, 0.25) is 0 Å². The first-order valence-corrected chi connectivity index (χ1v) is 6.57. The number of aromatic nitrogens is 1. The zero-order valence-electron chi connectivity index (χ0n) is 10.8. The lowest BCUT2D eigenvalue weighted by Crippen LogP contribution is -2.36. The van der Waals surface area contributed by atoms with E-state index in [1.54, 1.807) is 6.20 Å². The molecule has 2 rings (SSSR count). The van der Waals surface area contributed by atoms with E-state index >= 15 is 0 Å². The second-order valence-corrected chi connectivity index (χ2v) is 4.66. The van der Waals surface area contributed by atoms with Gasteiger partial charge in [-0.3, -0.25) is 14.7 Å². The number of esters is 1. The number of likely N-dealkylation sites (tertiary alicyclic amines) is 1. The summed E-state index contributed by atoms with van der Waals surface area (Å²) in [5.74, 6) is 0.0635. The molecule has 0 atom stereocenters. The van der Waals surface area contributed by atoms with Gasteiger partial charge in [-0.15, -0.1) is 0 Å². The lowest BCUT2D eigenvalue weighted by atomic mass is 9.97. The predicted octanol–water partition coefficient (Wildman–Crippen LogP) is 1.86. The summed E-state index contributed by atoms with van der Waals surface area (Å²) in [4.78, 5) is 18.1. The molecule has 0 unspecified atom stereocenters. The van der Waals surface area contributed by atoms with E-state index in [4.69, 9.17) is 4.74 Å². The van der Waals surface area contributed by atoms with Crippen molar-refractivity contribution >= 4 is 5.97 Å². The van der Waals surface area contributed by atoms with E-state index in [0.717, 1.165) is 32.5 Å². The number of rotatable bonds is 4. The third kappa shape index (κ3) is 3.53. The van der Waals surface area contributed by atoms with Crippen LogP contribution in [-0.4, -0.2) is 35.5 Å². The van der Waals surface area contributed by atoms with Gasteiger partial charge in [-0.25, -0.2) is 0 Å². The Labute approximate surface area is 108 Å². The largest absolute Gasteiger partial charge is 0.466 e. The fourth-order valence-corrected chi connectivity index (χ4v) is 2.34. The number of hydrogen-bond acceptors (Lipinski definition) is 4. The Morgan fingerprint density at radius 1 is 1.50 bits per heavy atom. The van der Waals surface area contributed by atoms with Crippen LogP contribution in [0, 0.1) is 5.92 Å². The molecule has 0 bridgehead atoms. The summed E-state index contributed by atoms with van der Waals surface area (Å²) in [7, 11) is 0. The first kappa shape index (κ1) is 13.0. The van der Waals surface area contributed by atoms with Crippen LogP contribution in [0.3, 0.4) is 0 Å². The highest BCUT2D eigenvalue weighted by molar-refractivity contribution is 5.72. The van der Waals surface area contributed by atoms with Gasteiger partial charge in [-0.1, -0.05) is 6.07 Å². The average molecular weight is 248 g/mol. The lowest BCUT2D eigenvalue weighted by molar-refractivity contribution is -0.149. The maximum Gasteiger partial charge on any atom is 0.309 e. The fraction of sp³-hybridized carbons (Fsp3) is 0.571. The molecule has 2 heterocycles. The molecule has 0 N–H and O–H groups in total. The Bertz CT molecular complexity index is 373. The van der Waals surface area contributed by atoms with Gasteiger partial charge in [0.05, 0.1) is 12.5 Å². The van der Waals surface area contributed by atoms with Crippen LogP contribution < -0.4 is 0 Å². The van der Waals surface area contributed by atoms with Gasteiger partial charge in [-0.05, 0) is 44.5 Å². The molecule has 1 aromatic heterocycles. The number of pyridine rings is 1. The van der Waals surface area contributed by atoms with E-state index in [0.29, 0.717) is 6.61 Å². The van der Waals surface area contributed by atoms with Crippen LogP contribution >= 0.6 is 0 Å². The Hall–Kier alpha value is -1.42. The molecule has 0 aromatic carbocycles. The van der Waals surface area contributed by atoms with Gasteiger partial charge >= 0.3 is 5.97 Å². The zero-order valence-corrected chi connectivity index (χ0v) is 10.8. The van der Waals surface area contributed by atoms with Crippen molar-refractivity contribution in [2.45, 2.75) is 26.3 Å². The minimum Gasteiger partial charge on any atom is -0.466 e. The van der Waals surface area contributed by atoms with Gasteiger partial charge in [0.15, 0.2) is 0 Å². The van der Waals surface area contributed by atoms with Gasteiger partial charge in [0, 0.05) is 18.9 Å². The van der Waals surface area contributed by atoms with Gasteiger partial charge in [-0.2, -0.15) is 0 Å². The van der Waals surface area contributed by atoms with Crippen molar-refractivity contribution in [3.8, 4) is 0 Å².